The van der Waals surface area contributed by atoms with Gasteiger partial charge < -0.3 is 10.1 Å². The monoisotopic (exact) mass is 274 g/mol. The molecule has 0 bridgehead atoms. The van der Waals surface area contributed by atoms with E-state index in [-0.39, 0.29) is 0 Å². The van der Waals surface area contributed by atoms with Crippen LogP contribution in [0.1, 0.15) is 25.5 Å². The van der Waals surface area contributed by atoms with Crippen molar-refractivity contribution in [1.82, 2.24) is 10.3 Å². The average molecular weight is 274 g/mol. The van der Waals surface area contributed by atoms with Crippen LogP contribution in [0.5, 0.6) is 5.75 Å². The van der Waals surface area contributed by atoms with Gasteiger partial charge in [-0.3, -0.25) is 0 Å². The summed E-state index contributed by atoms with van der Waals surface area (Å²) in [5.74, 6) is 0.915. The molecule has 1 aliphatic rings. The van der Waals surface area contributed by atoms with Crippen molar-refractivity contribution >= 4 is 11.3 Å². The molecule has 100 valence electrons. The molecule has 0 unspecified atom stereocenters. The highest BCUT2D eigenvalue weighted by atomic mass is 32.1. The van der Waals surface area contributed by atoms with E-state index in [0.717, 1.165) is 34.6 Å². The molecule has 1 N–H and O–H groups in total. The Morgan fingerprint density at radius 3 is 2.79 bits per heavy atom. The van der Waals surface area contributed by atoms with Crippen molar-refractivity contribution in [1.29, 1.82) is 0 Å². The third-order valence-corrected chi connectivity index (χ3v) is 4.05. The molecule has 19 heavy (non-hydrogen) atoms. The van der Waals surface area contributed by atoms with Crippen molar-refractivity contribution in [3.8, 4) is 16.3 Å². The maximum atomic E-state index is 5.45. The van der Waals surface area contributed by atoms with E-state index in [9.17, 15) is 0 Å². The average Bonchev–Trinajstić information content (AvgIpc) is 3.15. The number of aromatic nitrogens is 1. The minimum Gasteiger partial charge on any atom is -0.494 e. The van der Waals surface area contributed by atoms with Crippen molar-refractivity contribution in [2.75, 3.05) is 6.61 Å². The summed E-state index contributed by atoms with van der Waals surface area (Å²) in [6, 6.07) is 8.88. The maximum absolute atomic E-state index is 5.45. The van der Waals surface area contributed by atoms with Crippen molar-refractivity contribution in [2.45, 2.75) is 32.4 Å². The zero-order chi connectivity index (χ0) is 13.1. The number of benzene rings is 1. The van der Waals surface area contributed by atoms with Crippen LogP contribution >= 0.6 is 11.3 Å². The van der Waals surface area contributed by atoms with Crippen LogP contribution in [-0.4, -0.2) is 17.6 Å². The molecule has 0 saturated heterocycles. The molecule has 1 aromatic carbocycles. The minimum atomic E-state index is 0.702. The first-order valence-corrected chi connectivity index (χ1v) is 7.64. The Bertz CT molecular complexity index is 531. The van der Waals surface area contributed by atoms with Gasteiger partial charge in [0, 0.05) is 23.5 Å². The lowest BCUT2D eigenvalue weighted by molar-refractivity contribution is 0.340. The highest BCUT2D eigenvalue weighted by Gasteiger charge is 2.20. The van der Waals surface area contributed by atoms with Crippen LogP contribution in [0, 0.1) is 0 Å². The van der Waals surface area contributed by atoms with Gasteiger partial charge in [0.05, 0.1) is 12.3 Å². The Kier molecular flexibility index (Phi) is 3.80. The molecule has 1 saturated carbocycles. The molecule has 0 aliphatic heterocycles. The summed E-state index contributed by atoms with van der Waals surface area (Å²) in [5, 5.41) is 6.71. The molecular formula is C15H18N2OS. The molecule has 3 nitrogen and oxygen atoms in total. The van der Waals surface area contributed by atoms with E-state index in [4.69, 9.17) is 4.74 Å². The number of hydrogen-bond donors (Lipinski definition) is 1. The SMILES string of the molecule is CCOc1ccc(-c2nc(CNC3CC3)cs2)cc1. The van der Waals surface area contributed by atoms with Crippen LogP contribution in [0.2, 0.25) is 0 Å². The van der Waals surface area contributed by atoms with Gasteiger partial charge in [-0.25, -0.2) is 4.98 Å². The first-order chi connectivity index (χ1) is 9.35. The van der Waals surface area contributed by atoms with Gasteiger partial charge in [0.15, 0.2) is 0 Å². The van der Waals surface area contributed by atoms with Crippen molar-refractivity contribution < 1.29 is 4.74 Å². The van der Waals surface area contributed by atoms with Gasteiger partial charge >= 0.3 is 0 Å². The Labute approximate surface area is 117 Å². The number of thiazole rings is 1. The quantitative estimate of drug-likeness (QED) is 0.876. The summed E-state index contributed by atoms with van der Waals surface area (Å²) < 4.78 is 5.45. The normalized spacial score (nSPS) is 14.6. The van der Waals surface area contributed by atoms with Gasteiger partial charge in [-0.1, -0.05) is 0 Å². The molecule has 1 aliphatic carbocycles. The molecule has 0 amide bonds. The fourth-order valence-corrected chi connectivity index (χ4v) is 2.74. The Morgan fingerprint density at radius 2 is 2.11 bits per heavy atom. The first kappa shape index (κ1) is 12.6. The lowest BCUT2D eigenvalue weighted by Gasteiger charge is -2.03. The Morgan fingerprint density at radius 1 is 1.32 bits per heavy atom. The lowest BCUT2D eigenvalue weighted by Crippen LogP contribution is -2.15. The van der Waals surface area contributed by atoms with Crippen LogP contribution in [0.25, 0.3) is 10.6 Å². The predicted molar refractivity (Wildman–Crippen MR) is 78.6 cm³/mol. The van der Waals surface area contributed by atoms with Gasteiger partial charge in [-0.2, -0.15) is 0 Å². The van der Waals surface area contributed by atoms with Gasteiger partial charge in [0.1, 0.15) is 10.8 Å². The molecule has 1 fully saturated rings. The zero-order valence-corrected chi connectivity index (χ0v) is 11.9. The standard InChI is InChI=1S/C15H18N2OS/c1-2-18-14-7-3-11(4-8-14)15-17-13(10-19-15)9-16-12-5-6-12/h3-4,7-8,10,12,16H,2,5-6,9H2,1H3. The summed E-state index contributed by atoms with van der Waals surface area (Å²) in [5.41, 5.74) is 2.30. The summed E-state index contributed by atoms with van der Waals surface area (Å²) in [4.78, 5) is 4.67. The summed E-state index contributed by atoms with van der Waals surface area (Å²) in [6.45, 7) is 3.58. The fourth-order valence-electron chi connectivity index (χ4n) is 1.92. The summed E-state index contributed by atoms with van der Waals surface area (Å²) in [7, 11) is 0. The first-order valence-electron chi connectivity index (χ1n) is 6.76. The minimum absolute atomic E-state index is 0.702. The highest BCUT2D eigenvalue weighted by molar-refractivity contribution is 7.13. The van der Waals surface area contributed by atoms with Gasteiger partial charge in [-0.05, 0) is 44.0 Å². The van der Waals surface area contributed by atoms with Gasteiger partial charge in [0.25, 0.3) is 0 Å². The largest absolute Gasteiger partial charge is 0.494 e. The predicted octanol–water partition coefficient (Wildman–Crippen LogP) is 3.46. The summed E-state index contributed by atoms with van der Waals surface area (Å²) in [6.07, 6.45) is 2.63. The molecule has 2 aromatic rings. The summed E-state index contributed by atoms with van der Waals surface area (Å²) >= 11 is 1.70. The van der Waals surface area contributed by atoms with Crippen LogP contribution in [0.3, 0.4) is 0 Å². The second kappa shape index (κ2) is 5.72. The van der Waals surface area contributed by atoms with E-state index in [1.807, 2.05) is 19.1 Å². The molecule has 1 aromatic heterocycles. The molecule has 4 heteroatoms. The van der Waals surface area contributed by atoms with E-state index in [0.29, 0.717) is 6.61 Å². The van der Waals surface area contributed by atoms with Gasteiger partial charge in [-0.15, -0.1) is 11.3 Å². The number of nitrogens with one attached hydrogen (secondary N) is 1. The number of ether oxygens (including phenoxy) is 1. The van der Waals surface area contributed by atoms with Crippen molar-refractivity contribution in [3.63, 3.8) is 0 Å². The number of nitrogens with zero attached hydrogens (tertiary/aromatic N) is 1. The van der Waals surface area contributed by atoms with Crippen LogP contribution < -0.4 is 10.1 Å². The van der Waals surface area contributed by atoms with E-state index in [1.165, 1.54) is 12.8 Å². The number of rotatable bonds is 6. The topological polar surface area (TPSA) is 34.1 Å². The van der Waals surface area contributed by atoms with E-state index in [1.54, 1.807) is 11.3 Å². The van der Waals surface area contributed by atoms with Crippen molar-refractivity contribution in [2.24, 2.45) is 0 Å². The second-order valence-electron chi connectivity index (χ2n) is 4.76. The third-order valence-electron chi connectivity index (χ3n) is 3.11. The van der Waals surface area contributed by atoms with E-state index >= 15 is 0 Å². The fraction of sp³-hybridized carbons (Fsp3) is 0.400. The molecular weight excluding hydrogens is 256 g/mol. The Balaban J connectivity index is 1.66. The highest BCUT2D eigenvalue weighted by Crippen LogP contribution is 2.26. The Hall–Kier alpha value is -1.39. The molecule has 0 atom stereocenters. The van der Waals surface area contributed by atoms with Crippen LogP contribution in [0.4, 0.5) is 0 Å². The molecule has 3 rings (SSSR count). The zero-order valence-electron chi connectivity index (χ0n) is 11.1. The smallest absolute Gasteiger partial charge is 0.123 e. The molecule has 0 radical (unpaired) electrons. The third kappa shape index (κ3) is 3.33. The van der Waals surface area contributed by atoms with E-state index < -0.39 is 0 Å². The molecule has 0 spiro atoms. The second-order valence-corrected chi connectivity index (χ2v) is 5.61. The van der Waals surface area contributed by atoms with E-state index in [2.05, 4.69) is 27.8 Å². The van der Waals surface area contributed by atoms with Gasteiger partial charge in [0.2, 0.25) is 0 Å². The van der Waals surface area contributed by atoms with Crippen LogP contribution in [0.15, 0.2) is 29.6 Å². The lowest BCUT2D eigenvalue weighted by atomic mass is 10.2. The van der Waals surface area contributed by atoms with Crippen molar-refractivity contribution in [3.05, 3.63) is 35.3 Å². The van der Waals surface area contributed by atoms with Crippen LogP contribution in [-0.2, 0) is 6.54 Å². The maximum Gasteiger partial charge on any atom is 0.123 e. The number of hydrogen-bond acceptors (Lipinski definition) is 4. The molecule has 1 heterocycles.